The van der Waals surface area contributed by atoms with Gasteiger partial charge >= 0.3 is 0 Å². The van der Waals surface area contributed by atoms with Gasteiger partial charge in [-0.25, -0.2) is 0 Å². The van der Waals surface area contributed by atoms with Gasteiger partial charge in [-0.2, -0.15) is 0 Å². The highest BCUT2D eigenvalue weighted by atomic mass is 14.8. The lowest BCUT2D eigenvalue weighted by molar-refractivity contribution is 0.578. The zero-order valence-electron chi connectivity index (χ0n) is 9.57. The van der Waals surface area contributed by atoms with Crippen LogP contribution in [0.4, 0.5) is 0 Å². The van der Waals surface area contributed by atoms with Gasteiger partial charge in [-0.15, -0.1) is 5.73 Å². The number of rotatable bonds is 3. The van der Waals surface area contributed by atoms with Crippen molar-refractivity contribution in [2.75, 3.05) is 0 Å². The zero-order valence-corrected chi connectivity index (χ0v) is 9.57. The summed E-state index contributed by atoms with van der Waals surface area (Å²) in [5.41, 5.74) is 5.21. The Bertz CT molecular complexity index is 234. The van der Waals surface area contributed by atoms with E-state index in [2.05, 4.69) is 51.9 Å². The van der Waals surface area contributed by atoms with Gasteiger partial charge in [-0.3, -0.25) is 4.99 Å². The SMILES string of the molecule is C=C=C(CC)N=C(CC)C(C)(C)C. The maximum atomic E-state index is 4.56. The first kappa shape index (κ1) is 12.2. The standard InChI is InChI=1S/C12H21N/c1-7-10(8-2)13-11(9-3)12(4,5)6/h1,8-9H2,2-6H3. The molecule has 0 fully saturated rings. The number of nitrogens with zero attached hydrogens (tertiary/aromatic N) is 1. The molecule has 0 N–H and O–H groups in total. The summed E-state index contributed by atoms with van der Waals surface area (Å²) in [5, 5.41) is 0. The largest absolute Gasteiger partial charge is 0.253 e. The lowest BCUT2D eigenvalue weighted by atomic mass is 9.88. The van der Waals surface area contributed by atoms with Gasteiger partial charge in [0.25, 0.3) is 0 Å². The molecule has 0 spiro atoms. The molecule has 74 valence electrons. The molecule has 0 bridgehead atoms. The molecule has 0 aliphatic heterocycles. The monoisotopic (exact) mass is 179 g/mol. The van der Waals surface area contributed by atoms with Crippen LogP contribution in [0.5, 0.6) is 0 Å². The Hall–Kier alpha value is -0.810. The van der Waals surface area contributed by atoms with Crippen molar-refractivity contribution in [3.63, 3.8) is 0 Å². The van der Waals surface area contributed by atoms with Crippen LogP contribution >= 0.6 is 0 Å². The van der Waals surface area contributed by atoms with Crippen LogP contribution in [0.3, 0.4) is 0 Å². The van der Waals surface area contributed by atoms with E-state index in [1.54, 1.807) is 0 Å². The van der Waals surface area contributed by atoms with Crippen LogP contribution in [0.15, 0.2) is 23.0 Å². The van der Waals surface area contributed by atoms with Crippen molar-refractivity contribution < 1.29 is 0 Å². The molecule has 0 amide bonds. The van der Waals surface area contributed by atoms with Crippen LogP contribution < -0.4 is 0 Å². The van der Waals surface area contributed by atoms with Crippen molar-refractivity contribution >= 4 is 5.71 Å². The molecule has 13 heavy (non-hydrogen) atoms. The maximum Gasteiger partial charge on any atom is 0.0811 e. The van der Waals surface area contributed by atoms with Crippen LogP contribution in [-0.4, -0.2) is 5.71 Å². The molecule has 0 saturated heterocycles. The molecule has 0 heterocycles. The highest BCUT2D eigenvalue weighted by Gasteiger charge is 2.16. The van der Waals surface area contributed by atoms with E-state index in [9.17, 15) is 0 Å². The van der Waals surface area contributed by atoms with Crippen molar-refractivity contribution in [2.45, 2.75) is 47.5 Å². The first-order valence-electron chi connectivity index (χ1n) is 4.92. The molecule has 0 radical (unpaired) electrons. The second-order valence-electron chi connectivity index (χ2n) is 4.14. The minimum absolute atomic E-state index is 0.159. The Labute approximate surface area is 82.3 Å². The fourth-order valence-corrected chi connectivity index (χ4v) is 1.18. The minimum Gasteiger partial charge on any atom is -0.253 e. The summed E-state index contributed by atoms with van der Waals surface area (Å²) in [6, 6.07) is 0. The third-order valence-electron chi connectivity index (χ3n) is 2.01. The van der Waals surface area contributed by atoms with E-state index in [0.717, 1.165) is 18.5 Å². The van der Waals surface area contributed by atoms with Gasteiger partial charge in [0, 0.05) is 11.1 Å². The van der Waals surface area contributed by atoms with Crippen molar-refractivity contribution in [3.8, 4) is 0 Å². The highest BCUT2D eigenvalue weighted by molar-refractivity contribution is 5.89. The van der Waals surface area contributed by atoms with Crippen LogP contribution in [0, 0.1) is 5.41 Å². The van der Waals surface area contributed by atoms with Crippen LogP contribution in [0.2, 0.25) is 0 Å². The summed E-state index contributed by atoms with van der Waals surface area (Å²) in [4.78, 5) is 4.56. The topological polar surface area (TPSA) is 12.4 Å². The van der Waals surface area contributed by atoms with E-state index in [0.29, 0.717) is 0 Å². The van der Waals surface area contributed by atoms with E-state index < -0.39 is 0 Å². The maximum absolute atomic E-state index is 4.56. The van der Waals surface area contributed by atoms with Gasteiger partial charge in [0.1, 0.15) is 0 Å². The lowest BCUT2D eigenvalue weighted by Gasteiger charge is -2.20. The molecule has 0 saturated carbocycles. The second-order valence-corrected chi connectivity index (χ2v) is 4.14. The predicted octanol–water partition coefficient (Wildman–Crippen LogP) is 3.96. The molecule has 0 aromatic carbocycles. The molecule has 0 aromatic rings. The van der Waals surface area contributed by atoms with Crippen molar-refractivity contribution in [3.05, 3.63) is 18.0 Å². The van der Waals surface area contributed by atoms with Gasteiger partial charge < -0.3 is 0 Å². The predicted molar refractivity (Wildman–Crippen MR) is 60.1 cm³/mol. The van der Waals surface area contributed by atoms with Gasteiger partial charge in [-0.05, 0) is 12.8 Å². The number of allylic oxidation sites excluding steroid dienone is 1. The fourth-order valence-electron chi connectivity index (χ4n) is 1.18. The van der Waals surface area contributed by atoms with Gasteiger partial charge in [0.2, 0.25) is 0 Å². The van der Waals surface area contributed by atoms with Crippen molar-refractivity contribution in [2.24, 2.45) is 10.4 Å². The third kappa shape index (κ3) is 4.10. The van der Waals surface area contributed by atoms with Gasteiger partial charge in [0.15, 0.2) is 0 Å². The quantitative estimate of drug-likeness (QED) is 0.459. The average Bonchev–Trinajstić information content (AvgIpc) is 2.04. The second kappa shape index (κ2) is 5.04. The first-order chi connectivity index (χ1) is 5.95. The molecule has 0 aromatic heterocycles. The third-order valence-corrected chi connectivity index (χ3v) is 2.01. The Balaban J connectivity index is 4.87. The molecule has 0 atom stereocenters. The molecule has 1 nitrogen and oxygen atoms in total. The Morgan fingerprint density at radius 1 is 1.23 bits per heavy atom. The van der Waals surface area contributed by atoms with E-state index in [-0.39, 0.29) is 5.41 Å². The Morgan fingerprint density at radius 2 is 1.77 bits per heavy atom. The minimum atomic E-state index is 0.159. The molecular formula is C12H21N. The Morgan fingerprint density at radius 3 is 2.00 bits per heavy atom. The summed E-state index contributed by atoms with van der Waals surface area (Å²) in [6.45, 7) is 14.4. The first-order valence-corrected chi connectivity index (χ1v) is 4.92. The van der Waals surface area contributed by atoms with Crippen molar-refractivity contribution in [1.82, 2.24) is 0 Å². The summed E-state index contributed by atoms with van der Waals surface area (Å²) >= 11 is 0. The highest BCUT2D eigenvalue weighted by Crippen LogP contribution is 2.20. The summed E-state index contributed by atoms with van der Waals surface area (Å²) < 4.78 is 0. The molecule has 0 rings (SSSR count). The smallest absolute Gasteiger partial charge is 0.0811 e. The van der Waals surface area contributed by atoms with E-state index in [1.165, 1.54) is 5.71 Å². The van der Waals surface area contributed by atoms with Crippen molar-refractivity contribution in [1.29, 1.82) is 0 Å². The van der Waals surface area contributed by atoms with E-state index in [1.807, 2.05) is 0 Å². The van der Waals surface area contributed by atoms with Crippen LogP contribution in [0.25, 0.3) is 0 Å². The van der Waals surface area contributed by atoms with Gasteiger partial charge in [0.05, 0.1) is 5.70 Å². The Kier molecular flexibility index (Phi) is 4.72. The number of hydrogen-bond donors (Lipinski definition) is 0. The molecule has 0 aliphatic carbocycles. The lowest BCUT2D eigenvalue weighted by Crippen LogP contribution is -2.19. The molecular weight excluding hydrogens is 158 g/mol. The van der Waals surface area contributed by atoms with Crippen LogP contribution in [-0.2, 0) is 0 Å². The normalized spacial score (nSPS) is 12.5. The molecule has 1 heteroatoms. The van der Waals surface area contributed by atoms with Crippen LogP contribution in [0.1, 0.15) is 47.5 Å². The van der Waals surface area contributed by atoms with E-state index >= 15 is 0 Å². The average molecular weight is 179 g/mol. The number of aliphatic imine (C=N–C) groups is 1. The summed E-state index contributed by atoms with van der Waals surface area (Å²) in [6.07, 6.45) is 1.90. The van der Waals surface area contributed by atoms with E-state index in [4.69, 9.17) is 0 Å². The fraction of sp³-hybridized carbons (Fsp3) is 0.667. The number of hydrogen-bond acceptors (Lipinski definition) is 1. The van der Waals surface area contributed by atoms with Gasteiger partial charge in [-0.1, -0.05) is 41.2 Å². The molecule has 0 unspecified atom stereocenters. The molecule has 0 aliphatic rings. The zero-order chi connectivity index (χ0) is 10.5. The summed E-state index contributed by atoms with van der Waals surface area (Å²) in [5.74, 6) is 0. The summed E-state index contributed by atoms with van der Waals surface area (Å²) in [7, 11) is 0.